The van der Waals surface area contributed by atoms with Gasteiger partial charge in [0.25, 0.3) is 0 Å². The average Bonchev–Trinajstić information content (AvgIpc) is 2.75. The number of rotatable bonds is 10. The molecule has 0 bridgehead atoms. The predicted octanol–water partition coefficient (Wildman–Crippen LogP) is 2.58. The predicted molar refractivity (Wildman–Crippen MR) is 117 cm³/mol. The van der Waals surface area contributed by atoms with Crippen molar-refractivity contribution in [2.24, 2.45) is 0 Å². The van der Waals surface area contributed by atoms with Crippen LogP contribution in [-0.2, 0) is 15.0 Å². The number of nitrogens with zero attached hydrogens (tertiary/aromatic N) is 2. The van der Waals surface area contributed by atoms with Gasteiger partial charge < -0.3 is 14.8 Å². The molecular formula is C21H29N3O5S. The highest BCUT2D eigenvalue weighted by atomic mass is 32.2. The molecule has 2 rings (SSSR count). The summed E-state index contributed by atoms with van der Waals surface area (Å²) >= 11 is 0. The Morgan fingerprint density at radius 2 is 1.67 bits per heavy atom. The molecule has 0 aliphatic rings. The van der Waals surface area contributed by atoms with Gasteiger partial charge in [0.1, 0.15) is 6.54 Å². The molecule has 0 fully saturated rings. The van der Waals surface area contributed by atoms with E-state index in [9.17, 15) is 13.2 Å². The van der Waals surface area contributed by atoms with Crippen molar-refractivity contribution in [1.82, 2.24) is 9.62 Å². The molecule has 0 aromatic heterocycles. The fourth-order valence-electron chi connectivity index (χ4n) is 2.96. The van der Waals surface area contributed by atoms with Crippen LogP contribution in [-0.4, -0.2) is 53.5 Å². The normalized spacial score (nSPS) is 12.3. The first-order chi connectivity index (χ1) is 14.2. The minimum atomic E-state index is -3.84. The molecule has 0 radical (unpaired) electrons. The summed E-state index contributed by atoms with van der Waals surface area (Å²) < 4.78 is 38.3. The Morgan fingerprint density at radius 1 is 1.03 bits per heavy atom. The number of ether oxygens (including phenoxy) is 2. The van der Waals surface area contributed by atoms with Crippen LogP contribution < -0.4 is 19.1 Å². The second-order valence-corrected chi connectivity index (χ2v) is 8.84. The molecule has 164 valence electrons. The van der Waals surface area contributed by atoms with Crippen molar-refractivity contribution in [1.29, 1.82) is 0 Å². The van der Waals surface area contributed by atoms with Gasteiger partial charge in [-0.1, -0.05) is 31.2 Å². The number of carbonyl (C=O) groups excluding carboxylic acids is 1. The quantitative estimate of drug-likeness (QED) is 0.620. The van der Waals surface area contributed by atoms with Crippen molar-refractivity contribution in [3.63, 3.8) is 0 Å². The molecular weight excluding hydrogens is 406 g/mol. The van der Waals surface area contributed by atoms with Gasteiger partial charge in [-0.3, -0.25) is 4.79 Å². The van der Waals surface area contributed by atoms with Crippen LogP contribution in [0, 0.1) is 0 Å². The lowest BCUT2D eigenvalue weighted by Gasteiger charge is -2.28. The number of carbonyl (C=O) groups is 1. The maximum absolute atomic E-state index is 12.8. The van der Waals surface area contributed by atoms with E-state index in [1.807, 2.05) is 13.0 Å². The van der Waals surface area contributed by atoms with Gasteiger partial charge in [0.15, 0.2) is 11.5 Å². The molecule has 2 aromatic carbocycles. The molecule has 0 aliphatic heterocycles. The first-order valence-corrected chi connectivity index (χ1v) is 10.9. The number of para-hydroxylation sites is 1. The number of hydrogen-bond donors (Lipinski definition) is 1. The second kappa shape index (κ2) is 10.3. The lowest BCUT2D eigenvalue weighted by Crippen LogP contribution is -2.46. The van der Waals surface area contributed by atoms with Crippen molar-refractivity contribution in [2.75, 3.05) is 39.2 Å². The van der Waals surface area contributed by atoms with Crippen molar-refractivity contribution >= 4 is 21.8 Å². The molecule has 2 aromatic rings. The Bertz CT molecular complexity index is 948. The van der Waals surface area contributed by atoms with E-state index in [1.54, 1.807) is 56.7 Å². The Balaban J connectivity index is 2.25. The van der Waals surface area contributed by atoms with Crippen LogP contribution in [0.15, 0.2) is 48.5 Å². The molecule has 1 atom stereocenters. The molecule has 0 spiro atoms. The molecule has 0 heterocycles. The zero-order valence-electron chi connectivity index (χ0n) is 18.0. The fourth-order valence-corrected chi connectivity index (χ4v) is 4.02. The first kappa shape index (κ1) is 23.5. The van der Waals surface area contributed by atoms with Gasteiger partial charge in [-0.15, -0.1) is 0 Å². The maximum Gasteiger partial charge on any atom is 0.304 e. The van der Waals surface area contributed by atoms with E-state index in [0.29, 0.717) is 23.6 Å². The number of anilines is 1. The molecule has 9 heteroatoms. The van der Waals surface area contributed by atoms with Crippen LogP contribution >= 0.6 is 0 Å². The molecule has 0 saturated heterocycles. The van der Waals surface area contributed by atoms with Gasteiger partial charge in [0.05, 0.1) is 25.9 Å². The van der Waals surface area contributed by atoms with Crippen molar-refractivity contribution in [2.45, 2.75) is 19.4 Å². The van der Waals surface area contributed by atoms with Crippen LogP contribution in [0.5, 0.6) is 11.5 Å². The van der Waals surface area contributed by atoms with Crippen LogP contribution in [0.4, 0.5) is 5.69 Å². The highest BCUT2D eigenvalue weighted by molar-refractivity contribution is 7.90. The minimum absolute atomic E-state index is 0.308. The van der Waals surface area contributed by atoms with Gasteiger partial charge in [-0.2, -0.15) is 12.7 Å². The summed E-state index contributed by atoms with van der Waals surface area (Å²) in [4.78, 5) is 12.8. The molecule has 8 nitrogen and oxygen atoms in total. The van der Waals surface area contributed by atoms with E-state index in [0.717, 1.165) is 14.2 Å². The van der Waals surface area contributed by atoms with Crippen LogP contribution in [0.2, 0.25) is 0 Å². The SMILES string of the molecule is CCC(NC(=O)CN(c1ccccc1)S(=O)(=O)N(C)C)c1ccc(OC)c(OC)c1. The monoisotopic (exact) mass is 435 g/mol. The third-order valence-electron chi connectivity index (χ3n) is 4.62. The van der Waals surface area contributed by atoms with E-state index in [1.165, 1.54) is 14.1 Å². The van der Waals surface area contributed by atoms with Gasteiger partial charge >= 0.3 is 10.2 Å². The summed E-state index contributed by atoms with van der Waals surface area (Å²) in [6.07, 6.45) is 0.618. The third kappa shape index (κ3) is 5.43. The summed E-state index contributed by atoms with van der Waals surface area (Å²) in [7, 11) is 2.12. The number of hydrogen-bond acceptors (Lipinski definition) is 5. The van der Waals surface area contributed by atoms with Crippen molar-refractivity contribution < 1.29 is 22.7 Å². The minimum Gasteiger partial charge on any atom is -0.493 e. The lowest BCUT2D eigenvalue weighted by molar-refractivity contribution is -0.120. The third-order valence-corrected chi connectivity index (χ3v) is 6.44. The van der Waals surface area contributed by atoms with E-state index < -0.39 is 16.1 Å². The Labute approximate surface area is 178 Å². The molecule has 0 aliphatic carbocycles. The molecule has 1 N–H and O–H groups in total. The summed E-state index contributed by atoms with van der Waals surface area (Å²) in [6.45, 7) is 1.60. The Kier molecular flexibility index (Phi) is 8.08. The van der Waals surface area contributed by atoms with Crippen molar-refractivity contribution in [3.05, 3.63) is 54.1 Å². The average molecular weight is 436 g/mol. The smallest absolute Gasteiger partial charge is 0.304 e. The number of benzene rings is 2. The van der Waals surface area contributed by atoms with Crippen LogP contribution in [0.1, 0.15) is 24.9 Å². The van der Waals surface area contributed by atoms with E-state index in [4.69, 9.17) is 9.47 Å². The largest absolute Gasteiger partial charge is 0.493 e. The number of nitrogens with one attached hydrogen (secondary N) is 1. The Hall–Kier alpha value is -2.78. The topological polar surface area (TPSA) is 88.2 Å². The van der Waals surface area contributed by atoms with E-state index in [-0.39, 0.29) is 12.6 Å². The summed E-state index contributed by atoms with van der Waals surface area (Å²) in [5.74, 6) is 0.740. The molecule has 1 unspecified atom stereocenters. The van der Waals surface area contributed by atoms with Crippen LogP contribution in [0.3, 0.4) is 0 Å². The first-order valence-electron chi connectivity index (χ1n) is 9.51. The fraction of sp³-hybridized carbons (Fsp3) is 0.381. The highest BCUT2D eigenvalue weighted by Gasteiger charge is 2.28. The van der Waals surface area contributed by atoms with Gasteiger partial charge in [-0.25, -0.2) is 4.31 Å². The molecule has 1 amide bonds. The summed E-state index contributed by atoms with van der Waals surface area (Å²) in [6, 6.07) is 13.7. The standard InChI is InChI=1S/C21H29N3O5S/c1-6-18(16-12-13-19(28-4)20(14-16)29-5)22-21(25)15-24(30(26,27)23(2)3)17-10-8-7-9-11-17/h7-14,18H,6,15H2,1-5H3,(H,22,25). The number of methoxy groups -OCH3 is 2. The lowest BCUT2D eigenvalue weighted by atomic mass is 10.0. The van der Waals surface area contributed by atoms with Gasteiger partial charge in [-0.05, 0) is 36.2 Å². The second-order valence-electron chi connectivity index (χ2n) is 6.78. The molecule has 0 saturated carbocycles. The summed E-state index contributed by atoms with van der Waals surface area (Å²) in [5, 5.41) is 2.92. The van der Waals surface area contributed by atoms with Gasteiger partial charge in [0.2, 0.25) is 5.91 Å². The van der Waals surface area contributed by atoms with Crippen molar-refractivity contribution in [3.8, 4) is 11.5 Å². The van der Waals surface area contributed by atoms with E-state index >= 15 is 0 Å². The molecule has 30 heavy (non-hydrogen) atoms. The Morgan fingerprint density at radius 3 is 2.20 bits per heavy atom. The maximum atomic E-state index is 12.8. The van der Waals surface area contributed by atoms with E-state index in [2.05, 4.69) is 5.32 Å². The zero-order chi connectivity index (χ0) is 22.3. The highest BCUT2D eigenvalue weighted by Crippen LogP contribution is 2.31. The number of amides is 1. The van der Waals surface area contributed by atoms with Crippen LogP contribution in [0.25, 0.3) is 0 Å². The zero-order valence-corrected chi connectivity index (χ0v) is 18.8. The van der Waals surface area contributed by atoms with Gasteiger partial charge in [0, 0.05) is 14.1 Å². The summed E-state index contributed by atoms with van der Waals surface area (Å²) in [5.41, 5.74) is 1.26.